The summed E-state index contributed by atoms with van der Waals surface area (Å²) in [6, 6.07) is 3.17. The predicted octanol–water partition coefficient (Wildman–Crippen LogP) is 0.784. The number of rotatable bonds is 2. The smallest absolute Gasteiger partial charge is 0.161 e. The molecule has 0 aromatic carbocycles. The topological polar surface area (TPSA) is 58.3 Å². The summed E-state index contributed by atoms with van der Waals surface area (Å²) in [5, 5.41) is 8.26. The van der Waals surface area contributed by atoms with Crippen LogP contribution in [0.1, 0.15) is 24.8 Å². The minimum absolute atomic E-state index is 0.396. The maximum Gasteiger partial charge on any atom is 0.161 e. The molecule has 102 valence electrons. The maximum atomic E-state index is 5.79. The summed E-state index contributed by atoms with van der Waals surface area (Å²) in [5.41, 5.74) is 6.63. The fourth-order valence-electron chi connectivity index (χ4n) is 3.25. The molecule has 3 heterocycles. The molecule has 3 rings (SSSR count). The van der Waals surface area contributed by atoms with Gasteiger partial charge in [0.25, 0.3) is 0 Å². The van der Waals surface area contributed by atoms with Crippen molar-refractivity contribution in [3.63, 3.8) is 0 Å². The molecule has 0 saturated carbocycles. The highest BCUT2D eigenvalue weighted by atomic mass is 32.1. The molecule has 2 fully saturated rings. The average Bonchev–Trinajstić information content (AvgIpc) is 2.63. The van der Waals surface area contributed by atoms with Crippen molar-refractivity contribution in [2.24, 2.45) is 5.73 Å². The van der Waals surface area contributed by atoms with E-state index in [-0.39, 0.29) is 0 Å². The number of hydrogen-bond donors (Lipinski definition) is 1. The Hall–Kier alpha value is -1.27. The van der Waals surface area contributed by atoms with Gasteiger partial charge in [0.2, 0.25) is 0 Å². The Bertz CT molecular complexity index is 492. The third-order valence-electron chi connectivity index (χ3n) is 4.41. The van der Waals surface area contributed by atoms with Gasteiger partial charge in [-0.2, -0.15) is 5.10 Å². The summed E-state index contributed by atoms with van der Waals surface area (Å²) in [7, 11) is 2.23. The summed E-state index contributed by atoms with van der Waals surface area (Å²) >= 11 is 5.12. The molecule has 5 nitrogen and oxygen atoms in total. The van der Waals surface area contributed by atoms with Gasteiger partial charge < -0.3 is 10.6 Å². The Morgan fingerprint density at radius 2 is 2.16 bits per heavy atom. The third kappa shape index (κ3) is 2.30. The minimum atomic E-state index is 0.396. The first kappa shape index (κ1) is 12.7. The van der Waals surface area contributed by atoms with Gasteiger partial charge in [-0.25, -0.2) is 0 Å². The molecule has 0 amide bonds. The molecule has 2 N–H and O–H groups in total. The summed E-state index contributed by atoms with van der Waals surface area (Å²) in [6.07, 6.45) is 5.40. The van der Waals surface area contributed by atoms with Crippen molar-refractivity contribution in [3.05, 3.63) is 17.8 Å². The van der Waals surface area contributed by atoms with Crippen molar-refractivity contribution < 1.29 is 0 Å². The van der Waals surface area contributed by atoms with Crippen molar-refractivity contribution in [1.82, 2.24) is 15.1 Å². The zero-order chi connectivity index (χ0) is 13.4. The van der Waals surface area contributed by atoms with E-state index in [9.17, 15) is 0 Å². The fraction of sp³-hybridized carbons (Fsp3) is 0.615. The SMILES string of the molecule is CN1C2CCC1CN(c1nnccc1C(N)=S)CC2. The molecule has 2 aliphatic heterocycles. The molecule has 1 aromatic rings. The molecule has 2 atom stereocenters. The largest absolute Gasteiger partial charge is 0.389 e. The van der Waals surface area contributed by atoms with E-state index >= 15 is 0 Å². The van der Waals surface area contributed by atoms with Gasteiger partial charge in [-0.15, -0.1) is 5.10 Å². The van der Waals surface area contributed by atoms with Crippen LogP contribution in [0.3, 0.4) is 0 Å². The number of aromatic nitrogens is 2. The standard InChI is InChI=1S/C13H19N5S/c1-17-9-2-3-10(17)8-18(7-5-9)13-11(12(14)19)4-6-15-16-13/h4,6,9-10H,2-3,5,7-8H2,1H3,(H2,14,19). The molecule has 19 heavy (non-hydrogen) atoms. The molecule has 2 bridgehead atoms. The second-order valence-corrected chi connectivity index (χ2v) is 5.86. The van der Waals surface area contributed by atoms with Crippen LogP contribution in [0.4, 0.5) is 5.82 Å². The lowest BCUT2D eigenvalue weighted by Crippen LogP contribution is -2.37. The van der Waals surface area contributed by atoms with E-state index in [1.165, 1.54) is 19.3 Å². The lowest BCUT2D eigenvalue weighted by molar-refractivity contribution is 0.254. The number of likely N-dealkylation sites (N-methyl/N-ethyl adjacent to an activating group) is 1. The van der Waals surface area contributed by atoms with Crippen LogP contribution in [-0.2, 0) is 0 Å². The van der Waals surface area contributed by atoms with E-state index in [1.54, 1.807) is 6.20 Å². The lowest BCUT2D eigenvalue weighted by Gasteiger charge is -2.27. The van der Waals surface area contributed by atoms with E-state index in [0.717, 1.165) is 24.5 Å². The highest BCUT2D eigenvalue weighted by molar-refractivity contribution is 7.80. The van der Waals surface area contributed by atoms with Gasteiger partial charge in [-0.05, 0) is 32.4 Å². The molecule has 0 spiro atoms. The quantitative estimate of drug-likeness (QED) is 0.806. The maximum absolute atomic E-state index is 5.79. The first-order chi connectivity index (χ1) is 9.16. The second kappa shape index (κ2) is 5.02. The first-order valence-electron chi connectivity index (χ1n) is 6.75. The molecule has 6 heteroatoms. The van der Waals surface area contributed by atoms with Crippen molar-refractivity contribution in [3.8, 4) is 0 Å². The van der Waals surface area contributed by atoms with Gasteiger partial charge >= 0.3 is 0 Å². The van der Waals surface area contributed by atoms with Gasteiger partial charge in [0.05, 0.1) is 11.8 Å². The van der Waals surface area contributed by atoms with Gasteiger partial charge in [0, 0.05) is 25.2 Å². The number of thiocarbonyl (C=S) groups is 1. The number of fused-ring (bicyclic) bond motifs is 2. The number of hydrogen-bond acceptors (Lipinski definition) is 5. The van der Waals surface area contributed by atoms with E-state index < -0.39 is 0 Å². The molecule has 2 saturated heterocycles. The van der Waals surface area contributed by atoms with Gasteiger partial charge in [0.15, 0.2) is 5.82 Å². The van der Waals surface area contributed by atoms with Gasteiger partial charge in [-0.3, -0.25) is 4.90 Å². The molecule has 2 aliphatic rings. The Kier molecular flexibility index (Phi) is 3.36. The zero-order valence-corrected chi connectivity index (χ0v) is 11.9. The Labute approximate surface area is 118 Å². The van der Waals surface area contributed by atoms with Gasteiger partial charge in [0.1, 0.15) is 4.99 Å². The summed E-state index contributed by atoms with van der Waals surface area (Å²) in [6.45, 7) is 1.99. The molecule has 1 aromatic heterocycles. The predicted molar refractivity (Wildman–Crippen MR) is 79.3 cm³/mol. The zero-order valence-electron chi connectivity index (χ0n) is 11.1. The summed E-state index contributed by atoms with van der Waals surface area (Å²) in [5.74, 6) is 0.843. The first-order valence-corrected chi connectivity index (χ1v) is 7.16. The Morgan fingerprint density at radius 1 is 1.37 bits per heavy atom. The van der Waals surface area contributed by atoms with Gasteiger partial charge in [-0.1, -0.05) is 12.2 Å². The number of anilines is 1. The highest BCUT2D eigenvalue weighted by Crippen LogP contribution is 2.30. The van der Waals surface area contributed by atoms with E-state index in [2.05, 4.69) is 27.0 Å². The van der Waals surface area contributed by atoms with Crippen LogP contribution in [0.25, 0.3) is 0 Å². The minimum Gasteiger partial charge on any atom is -0.389 e. The lowest BCUT2D eigenvalue weighted by atomic mass is 10.1. The monoisotopic (exact) mass is 277 g/mol. The van der Waals surface area contributed by atoms with Crippen LogP contribution in [0, 0.1) is 0 Å². The van der Waals surface area contributed by atoms with Crippen molar-refractivity contribution >= 4 is 23.0 Å². The molecule has 0 aliphatic carbocycles. The average molecular weight is 277 g/mol. The summed E-state index contributed by atoms with van der Waals surface area (Å²) in [4.78, 5) is 5.20. The number of nitrogens with zero attached hydrogens (tertiary/aromatic N) is 4. The molecular formula is C13H19N5S. The molecule has 2 unspecified atom stereocenters. The van der Waals surface area contributed by atoms with E-state index in [0.29, 0.717) is 17.1 Å². The molecule has 0 radical (unpaired) electrons. The molecular weight excluding hydrogens is 258 g/mol. The fourth-order valence-corrected chi connectivity index (χ4v) is 3.41. The summed E-state index contributed by atoms with van der Waals surface area (Å²) < 4.78 is 0. The van der Waals surface area contributed by atoms with Crippen LogP contribution >= 0.6 is 12.2 Å². The number of nitrogens with two attached hydrogens (primary N) is 1. The van der Waals surface area contributed by atoms with E-state index in [1.807, 2.05) is 6.07 Å². The highest BCUT2D eigenvalue weighted by Gasteiger charge is 2.35. The third-order valence-corrected chi connectivity index (χ3v) is 4.63. The van der Waals surface area contributed by atoms with Crippen LogP contribution in [0.5, 0.6) is 0 Å². The van der Waals surface area contributed by atoms with Crippen LogP contribution < -0.4 is 10.6 Å². The van der Waals surface area contributed by atoms with Crippen LogP contribution in [-0.4, -0.2) is 52.3 Å². The van der Waals surface area contributed by atoms with Crippen molar-refractivity contribution in [1.29, 1.82) is 0 Å². The van der Waals surface area contributed by atoms with E-state index in [4.69, 9.17) is 18.0 Å². The van der Waals surface area contributed by atoms with Crippen LogP contribution in [0.15, 0.2) is 12.3 Å². The Balaban J connectivity index is 1.89. The van der Waals surface area contributed by atoms with Crippen molar-refractivity contribution in [2.45, 2.75) is 31.3 Å². The van der Waals surface area contributed by atoms with Crippen molar-refractivity contribution in [2.75, 3.05) is 25.0 Å². The Morgan fingerprint density at radius 3 is 2.95 bits per heavy atom. The second-order valence-electron chi connectivity index (χ2n) is 5.42. The normalized spacial score (nSPS) is 27.3. The van der Waals surface area contributed by atoms with Crippen LogP contribution in [0.2, 0.25) is 0 Å².